The second kappa shape index (κ2) is 11.1. The van der Waals surface area contributed by atoms with Crippen molar-refractivity contribution in [1.82, 2.24) is 14.5 Å². The van der Waals surface area contributed by atoms with Gasteiger partial charge in [0.15, 0.2) is 0 Å². The number of halogens is 2. The van der Waals surface area contributed by atoms with E-state index in [1.54, 1.807) is 39.8 Å². The Morgan fingerprint density at radius 2 is 1.63 bits per heavy atom. The van der Waals surface area contributed by atoms with Crippen LogP contribution in [0.4, 0.5) is 0 Å². The first-order valence-electron chi connectivity index (χ1n) is 11.7. The molecule has 0 saturated heterocycles. The van der Waals surface area contributed by atoms with E-state index in [1.807, 2.05) is 62.4 Å². The first-order chi connectivity index (χ1) is 17.0. The van der Waals surface area contributed by atoms with E-state index in [4.69, 9.17) is 28.2 Å². The zero-order valence-electron chi connectivity index (χ0n) is 19.7. The van der Waals surface area contributed by atoms with Crippen LogP contribution in [0.3, 0.4) is 0 Å². The molecule has 0 aliphatic carbocycles. The molecule has 0 fully saturated rings. The Kier molecular flexibility index (Phi) is 7.89. The van der Waals surface area contributed by atoms with Crippen molar-refractivity contribution >= 4 is 40.0 Å². The number of carbonyl (C=O) groups excluding carboxylic acids is 1. The summed E-state index contributed by atoms with van der Waals surface area (Å²) >= 11 is 12.8. The molecule has 0 radical (unpaired) electrons. The fourth-order valence-corrected chi connectivity index (χ4v) is 4.72. The molecule has 1 heterocycles. The van der Waals surface area contributed by atoms with Gasteiger partial charge < -0.3 is 4.90 Å². The summed E-state index contributed by atoms with van der Waals surface area (Å²) in [7, 11) is 0. The second-order valence-corrected chi connectivity index (χ2v) is 9.21. The topological polar surface area (TPSA) is 55.2 Å². The highest BCUT2D eigenvalue weighted by Gasteiger charge is 2.32. The van der Waals surface area contributed by atoms with E-state index in [0.29, 0.717) is 40.4 Å². The average Bonchev–Trinajstić information content (AvgIpc) is 2.89. The van der Waals surface area contributed by atoms with E-state index in [-0.39, 0.29) is 11.5 Å². The van der Waals surface area contributed by atoms with Gasteiger partial charge in [-0.05, 0) is 54.8 Å². The Morgan fingerprint density at radius 1 is 0.971 bits per heavy atom. The first kappa shape index (κ1) is 25.0. The van der Waals surface area contributed by atoms with Gasteiger partial charge in [0.25, 0.3) is 5.56 Å². The lowest BCUT2D eigenvalue weighted by Gasteiger charge is -2.33. The third-order valence-corrected chi connectivity index (χ3v) is 6.69. The number of hydrogen-bond donors (Lipinski definition) is 0. The second-order valence-electron chi connectivity index (χ2n) is 8.33. The molecule has 4 rings (SSSR count). The van der Waals surface area contributed by atoms with Crippen molar-refractivity contribution in [3.05, 3.63) is 106 Å². The van der Waals surface area contributed by atoms with Crippen LogP contribution in [0.25, 0.3) is 16.6 Å². The Morgan fingerprint density at radius 3 is 2.29 bits per heavy atom. The summed E-state index contributed by atoms with van der Waals surface area (Å²) < 4.78 is 1.59. The zero-order chi connectivity index (χ0) is 24.9. The molecule has 0 aliphatic rings. The van der Waals surface area contributed by atoms with Gasteiger partial charge in [-0.2, -0.15) is 0 Å². The van der Waals surface area contributed by atoms with Crippen LogP contribution in [0.1, 0.15) is 49.5 Å². The molecule has 4 aromatic rings. The van der Waals surface area contributed by atoms with Crippen LogP contribution in [0.2, 0.25) is 5.02 Å². The highest BCUT2D eigenvalue weighted by Crippen LogP contribution is 2.31. The molecule has 180 valence electrons. The highest BCUT2D eigenvalue weighted by atomic mass is 35.5. The number of rotatable bonds is 8. The van der Waals surface area contributed by atoms with Gasteiger partial charge >= 0.3 is 0 Å². The van der Waals surface area contributed by atoms with Crippen LogP contribution in [0.15, 0.2) is 83.7 Å². The maximum atomic E-state index is 13.7. The summed E-state index contributed by atoms with van der Waals surface area (Å²) in [5.41, 5.74) is 1.77. The van der Waals surface area contributed by atoms with Gasteiger partial charge in [0.05, 0.1) is 22.6 Å². The number of hydrogen-bond acceptors (Lipinski definition) is 3. The Balaban J connectivity index is 1.90. The summed E-state index contributed by atoms with van der Waals surface area (Å²) in [5, 5.41) is 0.238. The molecule has 2 atom stereocenters. The Labute approximate surface area is 214 Å². The third kappa shape index (κ3) is 5.12. The Bertz CT molecular complexity index is 1370. The average molecular weight is 508 g/mol. The number of benzene rings is 3. The van der Waals surface area contributed by atoms with Crippen molar-refractivity contribution in [2.45, 2.75) is 38.1 Å². The minimum absolute atomic E-state index is 0.194. The van der Waals surface area contributed by atoms with Crippen molar-refractivity contribution < 1.29 is 4.79 Å². The summed E-state index contributed by atoms with van der Waals surface area (Å²) in [4.78, 5) is 34.1. The largest absolute Gasteiger partial charge is 0.331 e. The smallest absolute Gasteiger partial charge is 0.266 e. The van der Waals surface area contributed by atoms with Crippen LogP contribution >= 0.6 is 23.2 Å². The maximum Gasteiger partial charge on any atom is 0.266 e. The van der Waals surface area contributed by atoms with E-state index in [2.05, 4.69) is 0 Å². The number of carbonyl (C=O) groups is 1. The van der Waals surface area contributed by atoms with Crippen molar-refractivity contribution in [3.63, 3.8) is 0 Å². The summed E-state index contributed by atoms with van der Waals surface area (Å²) in [5.74, 6) is 0.286. The van der Waals surface area contributed by atoms with Crippen LogP contribution in [-0.2, 0) is 4.79 Å². The predicted molar refractivity (Wildman–Crippen MR) is 142 cm³/mol. The van der Waals surface area contributed by atoms with Gasteiger partial charge in [-0.3, -0.25) is 14.2 Å². The molecule has 0 saturated carbocycles. The highest BCUT2D eigenvalue weighted by molar-refractivity contribution is 6.31. The number of aromatic nitrogens is 2. The molecule has 0 aliphatic heterocycles. The lowest BCUT2D eigenvalue weighted by molar-refractivity contribution is -0.133. The minimum Gasteiger partial charge on any atom is -0.331 e. The van der Waals surface area contributed by atoms with Crippen molar-refractivity contribution in [2.24, 2.45) is 0 Å². The van der Waals surface area contributed by atoms with Crippen LogP contribution < -0.4 is 5.56 Å². The van der Waals surface area contributed by atoms with Crippen LogP contribution in [0, 0.1) is 0 Å². The predicted octanol–water partition coefficient (Wildman–Crippen LogP) is 6.71. The van der Waals surface area contributed by atoms with Crippen molar-refractivity contribution in [3.8, 4) is 5.69 Å². The molecular formula is C28H27Cl2N3O2. The minimum atomic E-state index is -0.840. The lowest BCUT2D eigenvalue weighted by atomic mass is 10.1. The molecule has 2 unspecified atom stereocenters. The van der Waals surface area contributed by atoms with Crippen molar-refractivity contribution in [1.29, 1.82) is 0 Å². The van der Waals surface area contributed by atoms with Crippen LogP contribution in [-0.4, -0.2) is 26.9 Å². The van der Waals surface area contributed by atoms with E-state index in [1.165, 1.54) is 0 Å². The van der Waals surface area contributed by atoms with E-state index < -0.39 is 11.4 Å². The molecular weight excluding hydrogens is 481 g/mol. The van der Waals surface area contributed by atoms with Gasteiger partial charge in [0.2, 0.25) is 5.91 Å². The van der Waals surface area contributed by atoms with E-state index >= 15 is 0 Å². The maximum absolute atomic E-state index is 13.7. The normalized spacial score (nSPS) is 12.9. The number of alkyl halides is 1. The molecule has 0 bridgehead atoms. The number of nitrogens with zero attached hydrogens (tertiary/aromatic N) is 3. The molecule has 0 spiro atoms. The quantitative estimate of drug-likeness (QED) is 0.249. The number of fused-ring (bicyclic) bond motifs is 1. The van der Waals surface area contributed by atoms with Gasteiger partial charge in [-0.15, -0.1) is 11.6 Å². The van der Waals surface area contributed by atoms with Gasteiger partial charge in [0.1, 0.15) is 11.2 Å². The molecule has 1 amide bonds. The SMILES string of the molecule is CCCN(C(=O)C(Cl)c1ccccc1)C(CC)c1nc2ccccc2c(=O)n1-c1ccc(Cl)cc1. The lowest BCUT2D eigenvalue weighted by Crippen LogP contribution is -2.40. The molecule has 1 aromatic heterocycles. The Hall–Kier alpha value is -3.15. The molecule has 3 aromatic carbocycles. The van der Waals surface area contributed by atoms with Gasteiger partial charge in [-0.1, -0.05) is 67.9 Å². The summed E-state index contributed by atoms with van der Waals surface area (Å²) in [6.07, 6.45) is 1.29. The number of amides is 1. The van der Waals surface area contributed by atoms with Crippen LogP contribution in [0.5, 0.6) is 0 Å². The van der Waals surface area contributed by atoms with Gasteiger partial charge in [-0.25, -0.2) is 4.98 Å². The first-order valence-corrected chi connectivity index (χ1v) is 12.5. The monoisotopic (exact) mass is 507 g/mol. The fourth-order valence-electron chi connectivity index (χ4n) is 4.33. The molecule has 7 heteroatoms. The zero-order valence-corrected chi connectivity index (χ0v) is 21.2. The summed E-state index contributed by atoms with van der Waals surface area (Å²) in [6.45, 7) is 4.48. The molecule has 35 heavy (non-hydrogen) atoms. The standard InChI is InChI=1S/C28H27Cl2N3O2/c1-3-18-32(28(35)25(30)19-10-6-5-7-11-19)24(4-2)26-31-23-13-9-8-12-22(23)27(34)33(26)21-16-14-20(29)15-17-21/h5-17,24-25H,3-4,18H2,1-2H3. The molecule has 0 N–H and O–H groups in total. The van der Waals surface area contributed by atoms with E-state index in [0.717, 1.165) is 12.0 Å². The third-order valence-electron chi connectivity index (χ3n) is 6.00. The van der Waals surface area contributed by atoms with E-state index in [9.17, 15) is 9.59 Å². The van der Waals surface area contributed by atoms with Gasteiger partial charge in [0, 0.05) is 11.6 Å². The fraction of sp³-hybridized carbons (Fsp3) is 0.250. The number of para-hydroxylation sites is 1. The summed E-state index contributed by atoms with van der Waals surface area (Å²) in [6, 6.07) is 23.2. The molecule has 5 nitrogen and oxygen atoms in total. The van der Waals surface area contributed by atoms with Crippen molar-refractivity contribution in [2.75, 3.05) is 6.54 Å².